The minimum absolute atomic E-state index is 0.0216. The second kappa shape index (κ2) is 0.601. The third-order valence-corrected chi connectivity index (χ3v) is 0.705. The highest BCUT2D eigenvalue weighted by Crippen LogP contribution is 2.00. The Bertz CT molecular complexity index is 138. The first kappa shape index (κ1) is 2.91. The lowest BCUT2D eigenvalue weighted by Crippen LogP contribution is -1.64. The number of hydrogen-bond acceptors (Lipinski definition) is 1. The van der Waals surface area contributed by atoms with Gasteiger partial charge < -0.3 is 0 Å². The van der Waals surface area contributed by atoms with Crippen molar-refractivity contribution in [3.63, 3.8) is 0 Å². The summed E-state index contributed by atoms with van der Waals surface area (Å²) < 4.78 is 0. The van der Waals surface area contributed by atoms with E-state index in [1.165, 1.54) is 6.07 Å². The van der Waals surface area contributed by atoms with Crippen LogP contribution in [0.3, 0.4) is 0 Å². The first-order valence-corrected chi connectivity index (χ1v) is 1.60. The van der Waals surface area contributed by atoms with Crippen molar-refractivity contribution < 1.29 is 0 Å². The Morgan fingerprint density at radius 3 is 2.00 bits per heavy atom. The Hall–Kier alpha value is -0.300. The van der Waals surface area contributed by atoms with Crippen LogP contribution >= 0.6 is 11.6 Å². The number of hydrogen-bond donors (Lipinski definition) is 0. The highest BCUT2D eigenvalue weighted by Gasteiger charge is 1.99. The van der Waals surface area contributed by atoms with Crippen molar-refractivity contribution in [3.05, 3.63) is 21.3 Å². The van der Waals surface area contributed by atoms with Crippen LogP contribution in [-0.4, -0.2) is 0 Å². The van der Waals surface area contributed by atoms with Crippen LogP contribution in [0.25, 0.3) is 0 Å². The predicted octanol–water partition coefficient (Wildman–Crippen LogP) is 0.576. The second-order valence-electron chi connectivity index (χ2n) is 0.857. The minimum atomic E-state index is -0.0216. The van der Waals surface area contributed by atoms with Crippen LogP contribution in [0.5, 0.6) is 0 Å². The van der Waals surface area contributed by atoms with E-state index in [4.69, 9.17) is 11.6 Å². The Morgan fingerprint density at radius 1 is 1.80 bits per heavy atom. The molecule has 5 heavy (non-hydrogen) atoms. The maximum atomic E-state index is 9.66. The van der Waals surface area contributed by atoms with E-state index in [1.807, 2.05) is 0 Å². The van der Waals surface area contributed by atoms with Gasteiger partial charge in [0.05, 0.1) is 5.02 Å². The van der Waals surface area contributed by atoms with Crippen LogP contribution in [0.1, 0.15) is 0 Å². The van der Waals surface area contributed by atoms with Gasteiger partial charge in [-0.25, -0.2) is 0 Å². The SMILES string of the molecule is O=c1cc1Cl. The fourth-order valence-corrected chi connectivity index (χ4v) is 0.178. The number of halogens is 1. The van der Waals surface area contributed by atoms with Crippen LogP contribution in [0.15, 0.2) is 10.9 Å². The van der Waals surface area contributed by atoms with Crippen molar-refractivity contribution >= 4 is 11.6 Å². The standard InChI is InChI=1S/C3HClO/c4-2-1-3(2)5/h1H. The normalized spacial score (nSPS) is 9.80. The summed E-state index contributed by atoms with van der Waals surface area (Å²) in [5.41, 5.74) is -0.0216. The quantitative estimate of drug-likeness (QED) is 0.453. The Morgan fingerprint density at radius 2 is 2.00 bits per heavy atom. The molecule has 1 nitrogen and oxygen atoms in total. The lowest BCUT2D eigenvalue weighted by molar-refractivity contribution is 2.04. The molecule has 0 saturated carbocycles. The van der Waals surface area contributed by atoms with E-state index in [9.17, 15) is 4.79 Å². The Labute approximate surface area is 33.9 Å². The summed E-state index contributed by atoms with van der Waals surface area (Å²) in [6, 6.07) is 1.38. The van der Waals surface area contributed by atoms with Crippen LogP contribution in [0.4, 0.5) is 0 Å². The van der Waals surface area contributed by atoms with Crippen molar-refractivity contribution in [2.45, 2.75) is 0 Å². The van der Waals surface area contributed by atoms with E-state index in [0.717, 1.165) is 0 Å². The lowest BCUT2D eigenvalue weighted by atomic mass is 11.1. The topological polar surface area (TPSA) is 17.1 Å². The fourth-order valence-electron chi connectivity index (χ4n) is 0.0790. The maximum absolute atomic E-state index is 9.66. The zero-order valence-electron chi connectivity index (χ0n) is 2.36. The molecule has 0 aliphatic rings. The van der Waals surface area contributed by atoms with Gasteiger partial charge in [0.2, 0.25) is 0 Å². The molecule has 1 aromatic carbocycles. The molecule has 1 aromatic rings. The maximum Gasteiger partial charge on any atom is 0.198 e. The summed E-state index contributed by atoms with van der Waals surface area (Å²) >= 11 is 5.05. The summed E-state index contributed by atoms with van der Waals surface area (Å²) in [4.78, 5) is 9.66. The van der Waals surface area contributed by atoms with Crippen LogP contribution in [0.2, 0.25) is 5.02 Å². The van der Waals surface area contributed by atoms with Crippen LogP contribution in [0, 0.1) is 0 Å². The molecule has 0 spiro atoms. The van der Waals surface area contributed by atoms with Crippen LogP contribution in [-0.2, 0) is 0 Å². The molecule has 0 aromatic heterocycles. The summed E-state index contributed by atoms with van der Waals surface area (Å²) in [5, 5.41) is 0.380. The highest BCUT2D eigenvalue weighted by atomic mass is 35.5. The molecular weight excluding hydrogens is 87.5 g/mol. The predicted molar refractivity (Wildman–Crippen MR) is 20.1 cm³/mol. The molecule has 0 aliphatic carbocycles. The van der Waals surface area contributed by atoms with E-state index in [2.05, 4.69) is 0 Å². The molecular formula is C3HClO. The van der Waals surface area contributed by atoms with E-state index in [0.29, 0.717) is 5.02 Å². The highest BCUT2D eigenvalue weighted by molar-refractivity contribution is 6.32. The zero-order chi connectivity index (χ0) is 3.86. The second-order valence-corrected chi connectivity index (χ2v) is 1.26. The molecule has 2 heteroatoms. The summed E-state index contributed by atoms with van der Waals surface area (Å²) in [6.45, 7) is 0. The molecule has 0 amide bonds. The third kappa shape index (κ3) is 0.329. The van der Waals surface area contributed by atoms with Crippen LogP contribution < -0.4 is 5.43 Å². The van der Waals surface area contributed by atoms with Gasteiger partial charge in [0.15, 0.2) is 5.43 Å². The van der Waals surface area contributed by atoms with Gasteiger partial charge in [-0.2, -0.15) is 0 Å². The largest absolute Gasteiger partial charge is 0.288 e. The van der Waals surface area contributed by atoms with Gasteiger partial charge in [-0.1, -0.05) is 11.6 Å². The molecule has 0 fully saturated rings. The Kier molecular flexibility index (Phi) is 0.350. The fraction of sp³-hybridized carbons (Fsp3) is 0. The van der Waals surface area contributed by atoms with Crippen molar-refractivity contribution in [2.24, 2.45) is 0 Å². The van der Waals surface area contributed by atoms with Crippen molar-refractivity contribution in [3.8, 4) is 0 Å². The lowest BCUT2D eigenvalue weighted by Gasteiger charge is -1.36. The molecule has 0 unspecified atom stereocenters. The molecule has 0 aliphatic heterocycles. The van der Waals surface area contributed by atoms with Crippen molar-refractivity contribution in [2.75, 3.05) is 0 Å². The Balaban J connectivity index is 3.15. The molecule has 0 saturated heterocycles. The molecule has 0 radical (unpaired) electrons. The van der Waals surface area contributed by atoms with Gasteiger partial charge >= 0.3 is 0 Å². The molecule has 0 bridgehead atoms. The van der Waals surface area contributed by atoms with Crippen molar-refractivity contribution in [1.29, 1.82) is 0 Å². The van der Waals surface area contributed by atoms with Gasteiger partial charge in [0.1, 0.15) is 0 Å². The van der Waals surface area contributed by atoms with Gasteiger partial charge in [-0.15, -0.1) is 0 Å². The van der Waals surface area contributed by atoms with E-state index < -0.39 is 0 Å². The first-order chi connectivity index (χ1) is 2.30. The summed E-state index contributed by atoms with van der Waals surface area (Å²) in [7, 11) is 0. The zero-order valence-corrected chi connectivity index (χ0v) is 3.12. The molecule has 0 atom stereocenters. The number of rotatable bonds is 0. The molecule has 0 N–H and O–H groups in total. The summed E-state index contributed by atoms with van der Waals surface area (Å²) in [6.07, 6.45) is 0. The van der Waals surface area contributed by atoms with E-state index >= 15 is 0 Å². The smallest absolute Gasteiger partial charge is 0.198 e. The molecule has 26 valence electrons. The first-order valence-electron chi connectivity index (χ1n) is 1.22. The van der Waals surface area contributed by atoms with Gasteiger partial charge in [-0.3, -0.25) is 4.79 Å². The van der Waals surface area contributed by atoms with Gasteiger partial charge in [0.25, 0.3) is 0 Å². The molecule has 1 rings (SSSR count). The third-order valence-electron chi connectivity index (χ3n) is 0.410. The molecule has 0 heterocycles. The van der Waals surface area contributed by atoms with Gasteiger partial charge in [0, 0.05) is 6.07 Å². The average Bonchev–Trinajstić information content (AvgIpc) is 1.79. The monoisotopic (exact) mass is 88.0 g/mol. The summed E-state index contributed by atoms with van der Waals surface area (Å²) in [5.74, 6) is 0. The average molecular weight is 88.5 g/mol. The van der Waals surface area contributed by atoms with E-state index in [1.54, 1.807) is 0 Å². The van der Waals surface area contributed by atoms with Crippen molar-refractivity contribution in [1.82, 2.24) is 0 Å². The minimum Gasteiger partial charge on any atom is -0.288 e. The van der Waals surface area contributed by atoms with E-state index in [-0.39, 0.29) is 5.43 Å². The van der Waals surface area contributed by atoms with Gasteiger partial charge in [-0.05, 0) is 0 Å².